The number of likely N-dealkylation sites (N-methyl/N-ethyl adjacent to an activating group) is 1. The number of hydrogen-bond donors (Lipinski definition) is 1. The molecule has 16 heavy (non-hydrogen) atoms. The summed E-state index contributed by atoms with van der Waals surface area (Å²) < 4.78 is 0. The molecule has 0 fully saturated rings. The van der Waals surface area contributed by atoms with Crippen molar-refractivity contribution in [2.45, 2.75) is 40.2 Å². The molecule has 1 aromatic rings. The van der Waals surface area contributed by atoms with Crippen molar-refractivity contribution >= 4 is 5.78 Å². The number of H-pyrrole nitrogens is 1. The Morgan fingerprint density at radius 3 is 2.56 bits per heavy atom. The zero-order valence-electron chi connectivity index (χ0n) is 10.9. The maximum atomic E-state index is 12.0. The Morgan fingerprint density at radius 2 is 2.12 bits per heavy atom. The third-order valence-corrected chi connectivity index (χ3v) is 3.19. The van der Waals surface area contributed by atoms with Gasteiger partial charge in [0.1, 0.15) is 0 Å². The Labute approximate surface area is 97.8 Å². The first-order valence-corrected chi connectivity index (χ1v) is 5.85. The van der Waals surface area contributed by atoms with Crippen molar-refractivity contribution < 1.29 is 4.79 Å². The molecule has 0 bridgehead atoms. The number of nitrogens with one attached hydrogen (secondary N) is 1. The molecule has 0 spiro atoms. The number of Topliss-reactive ketones (excluding diaryl/α,β-unsaturated/α-hetero) is 1. The van der Waals surface area contributed by atoms with Crippen LogP contribution in [0.5, 0.6) is 0 Å². The van der Waals surface area contributed by atoms with Gasteiger partial charge >= 0.3 is 0 Å². The standard InChI is InChI=1S/C13H22N2O/c1-6-10(3)15(5)8-13(16)12-7-9(2)14-11(12)4/h7,10,14H,6,8H2,1-5H3. The number of nitrogens with zero attached hydrogens (tertiary/aromatic N) is 1. The lowest BCUT2D eigenvalue weighted by Crippen LogP contribution is -2.33. The molecule has 0 saturated heterocycles. The highest BCUT2D eigenvalue weighted by molar-refractivity contribution is 5.98. The molecule has 3 nitrogen and oxygen atoms in total. The SMILES string of the molecule is CCC(C)N(C)CC(=O)c1cc(C)[nH]c1C. The van der Waals surface area contributed by atoms with Gasteiger partial charge < -0.3 is 4.98 Å². The Morgan fingerprint density at radius 1 is 1.50 bits per heavy atom. The molecule has 0 aliphatic rings. The van der Waals surface area contributed by atoms with E-state index in [0.717, 1.165) is 23.4 Å². The van der Waals surface area contributed by atoms with Crippen LogP contribution in [-0.2, 0) is 0 Å². The Kier molecular flexibility index (Phi) is 4.30. The quantitative estimate of drug-likeness (QED) is 0.777. The topological polar surface area (TPSA) is 36.1 Å². The normalized spacial score (nSPS) is 13.1. The van der Waals surface area contributed by atoms with E-state index in [0.29, 0.717) is 12.6 Å². The van der Waals surface area contributed by atoms with Gasteiger partial charge in [-0.2, -0.15) is 0 Å². The minimum Gasteiger partial charge on any atom is -0.362 e. The third-order valence-electron chi connectivity index (χ3n) is 3.19. The second kappa shape index (κ2) is 5.30. The number of aryl methyl sites for hydroxylation is 2. The minimum absolute atomic E-state index is 0.199. The third kappa shape index (κ3) is 2.95. The van der Waals surface area contributed by atoms with Crippen molar-refractivity contribution in [1.82, 2.24) is 9.88 Å². The first kappa shape index (κ1) is 13.0. The average molecular weight is 222 g/mol. The molecule has 0 aromatic carbocycles. The van der Waals surface area contributed by atoms with Crippen molar-refractivity contribution in [3.8, 4) is 0 Å². The van der Waals surface area contributed by atoms with Crippen molar-refractivity contribution in [1.29, 1.82) is 0 Å². The van der Waals surface area contributed by atoms with Gasteiger partial charge in [0.25, 0.3) is 0 Å². The zero-order chi connectivity index (χ0) is 12.3. The van der Waals surface area contributed by atoms with Crippen LogP contribution in [0.3, 0.4) is 0 Å². The van der Waals surface area contributed by atoms with E-state index in [4.69, 9.17) is 0 Å². The summed E-state index contributed by atoms with van der Waals surface area (Å²) in [6.45, 7) is 8.69. The lowest BCUT2D eigenvalue weighted by atomic mass is 10.1. The van der Waals surface area contributed by atoms with Gasteiger partial charge in [-0.15, -0.1) is 0 Å². The highest BCUT2D eigenvalue weighted by Crippen LogP contribution is 2.11. The minimum atomic E-state index is 0.199. The van der Waals surface area contributed by atoms with Crippen LogP contribution in [0.4, 0.5) is 0 Å². The zero-order valence-corrected chi connectivity index (χ0v) is 10.9. The summed E-state index contributed by atoms with van der Waals surface area (Å²) in [6.07, 6.45) is 1.06. The van der Waals surface area contributed by atoms with Crippen molar-refractivity contribution in [3.05, 3.63) is 23.0 Å². The Balaban J connectivity index is 2.69. The summed E-state index contributed by atoms with van der Waals surface area (Å²) >= 11 is 0. The van der Waals surface area contributed by atoms with Crippen LogP contribution in [0.15, 0.2) is 6.07 Å². The maximum absolute atomic E-state index is 12.0. The Bertz CT molecular complexity index is 368. The fourth-order valence-electron chi connectivity index (χ4n) is 1.79. The van der Waals surface area contributed by atoms with E-state index < -0.39 is 0 Å². The predicted molar refractivity (Wildman–Crippen MR) is 67.0 cm³/mol. The van der Waals surface area contributed by atoms with Gasteiger partial charge in [-0.25, -0.2) is 0 Å². The van der Waals surface area contributed by atoms with Crippen LogP contribution in [0.1, 0.15) is 42.0 Å². The fraction of sp³-hybridized carbons (Fsp3) is 0.615. The van der Waals surface area contributed by atoms with E-state index >= 15 is 0 Å². The number of aromatic nitrogens is 1. The van der Waals surface area contributed by atoms with Crippen molar-refractivity contribution in [3.63, 3.8) is 0 Å². The van der Waals surface area contributed by atoms with Gasteiger partial charge in [0, 0.05) is 23.0 Å². The average Bonchev–Trinajstić information content (AvgIpc) is 2.56. The van der Waals surface area contributed by atoms with Crippen LogP contribution in [0, 0.1) is 13.8 Å². The number of carbonyl (C=O) groups is 1. The Hall–Kier alpha value is -1.09. The van der Waals surface area contributed by atoms with Crippen LogP contribution in [0.2, 0.25) is 0 Å². The van der Waals surface area contributed by atoms with E-state index in [2.05, 4.69) is 23.7 Å². The molecule has 1 unspecified atom stereocenters. The molecule has 1 rings (SSSR count). The van der Waals surface area contributed by atoms with Gasteiger partial charge in [-0.1, -0.05) is 6.92 Å². The van der Waals surface area contributed by atoms with Crippen LogP contribution >= 0.6 is 0 Å². The number of aromatic amines is 1. The molecule has 0 aliphatic carbocycles. The van der Waals surface area contributed by atoms with E-state index in [9.17, 15) is 4.79 Å². The molecule has 0 amide bonds. The van der Waals surface area contributed by atoms with Crippen molar-refractivity contribution in [2.75, 3.05) is 13.6 Å². The highest BCUT2D eigenvalue weighted by atomic mass is 16.1. The molecule has 90 valence electrons. The first-order valence-electron chi connectivity index (χ1n) is 5.85. The van der Waals surface area contributed by atoms with E-state index in [1.165, 1.54) is 0 Å². The van der Waals surface area contributed by atoms with Crippen molar-refractivity contribution in [2.24, 2.45) is 0 Å². The number of rotatable bonds is 5. The van der Waals surface area contributed by atoms with Gasteiger partial charge in [0.15, 0.2) is 5.78 Å². The van der Waals surface area contributed by atoms with Crippen LogP contribution in [-0.4, -0.2) is 35.3 Å². The first-order chi connectivity index (χ1) is 7.45. The monoisotopic (exact) mass is 222 g/mol. The molecular weight excluding hydrogens is 200 g/mol. The molecule has 1 atom stereocenters. The fourth-order valence-corrected chi connectivity index (χ4v) is 1.79. The number of carbonyl (C=O) groups excluding carboxylic acids is 1. The summed E-state index contributed by atoms with van der Waals surface area (Å²) in [7, 11) is 2.00. The van der Waals surface area contributed by atoms with E-state index in [-0.39, 0.29) is 5.78 Å². The summed E-state index contributed by atoms with van der Waals surface area (Å²) in [6, 6.07) is 2.38. The molecule has 3 heteroatoms. The smallest absolute Gasteiger partial charge is 0.178 e. The maximum Gasteiger partial charge on any atom is 0.178 e. The molecule has 0 saturated carbocycles. The molecule has 1 heterocycles. The van der Waals surface area contributed by atoms with Crippen LogP contribution < -0.4 is 0 Å². The van der Waals surface area contributed by atoms with Crippen LogP contribution in [0.25, 0.3) is 0 Å². The summed E-state index contributed by atoms with van der Waals surface area (Å²) in [4.78, 5) is 17.3. The lowest BCUT2D eigenvalue weighted by Gasteiger charge is -2.22. The lowest BCUT2D eigenvalue weighted by molar-refractivity contribution is 0.0923. The summed E-state index contributed by atoms with van der Waals surface area (Å²) in [5, 5.41) is 0. The highest BCUT2D eigenvalue weighted by Gasteiger charge is 2.15. The van der Waals surface area contributed by atoms with Gasteiger partial charge in [-0.05, 0) is 40.3 Å². The second-order valence-electron chi connectivity index (χ2n) is 4.59. The van der Waals surface area contributed by atoms with Gasteiger partial charge in [0.2, 0.25) is 0 Å². The second-order valence-corrected chi connectivity index (χ2v) is 4.59. The van der Waals surface area contributed by atoms with Gasteiger partial charge in [-0.3, -0.25) is 9.69 Å². The van der Waals surface area contributed by atoms with E-state index in [1.54, 1.807) is 0 Å². The molecule has 1 aromatic heterocycles. The molecule has 0 radical (unpaired) electrons. The largest absolute Gasteiger partial charge is 0.362 e. The number of ketones is 1. The predicted octanol–water partition coefficient (Wildman–Crippen LogP) is 2.54. The summed E-state index contributed by atoms with van der Waals surface area (Å²) in [5.74, 6) is 0.199. The van der Waals surface area contributed by atoms with E-state index in [1.807, 2.05) is 27.0 Å². The molecular formula is C13H22N2O. The summed E-state index contributed by atoms with van der Waals surface area (Å²) in [5.41, 5.74) is 2.85. The number of hydrogen-bond acceptors (Lipinski definition) is 2. The molecule has 1 N–H and O–H groups in total. The molecule has 0 aliphatic heterocycles. The van der Waals surface area contributed by atoms with Gasteiger partial charge in [0.05, 0.1) is 6.54 Å².